The highest BCUT2D eigenvalue weighted by molar-refractivity contribution is 9.10. The van der Waals surface area contributed by atoms with Gasteiger partial charge in [-0.25, -0.2) is 4.39 Å². The van der Waals surface area contributed by atoms with Gasteiger partial charge in [-0.15, -0.1) is 0 Å². The molecule has 2 rings (SSSR count). The summed E-state index contributed by atoms with van der Waals surface area (Å²) >= 11 is 6.88. The smallest absolute Gasteiger partial charge is 0.123 e. The third kappa shape index (κ3) is 6.40. The van der Waals surface area contributed by atoms with Gasteiger partial charge >= 0.3 is 0 Å². The molecule has 0 aromatic heterocycles. The molecule has 0 saturated heterocycles. The largest absolute Gasteiger partial charge is 0.501 e. The third-order valence-electron chi connectivity index (χ3n) is 3.64. The average Bonchev–Trinajstić information content (AvgIpc) is 2.58. The molecule has 0 heterocycles. The highest BCUT2D eigenvalue weighted by Gasteiger charge is 2.07. The number of rotatable bonds is 9. The van der Waals surface area contributed by atoms with Gasteiger partial charge in [0, 0.05) is 15.4 Å². The van der Waals surface area contributed by atoms with Crippen LogP contribution in [0, 0.1) is 5.82 Å². The zero-order valence-electron chi connectivity index (χ0n) is 13.5. The highest BCUT2D eigenvalue weighted by atomic mass is 79.9. The fraction of sp³-hybridized carbons (Fsp3) is 0.300. The highest BCUT2D eigenvalue weighted by Crippen LogP contribution is 2.25. The Hall–Kier alpha value is -1.13. The van der Waals surface area contributed by atoms with Gasteiger partial charge in [0.25, 0.3) is 0 Å². The van der Waals surface area contributed by atoms with Crippen molar-refractivity contribution in [3.05, 3.63) is 76.2 Å². The van der Waals surface area contributed by atoms with Crippen molar-refractivity contribution in [2.75, 3.05) is 11.9 Å². The van der Waals surface area contributed by atoms with Crippen molar-refractivity contribution in [3.8, 4) is 0 Å². The van der Waals surface area contributed by atoms with E-state index in [4.69, 9.17) is 4.74 Å². The van der Waals surface area contributed by atoms with Crippen LogP contribution in [-0.2, 0) is 4.74 Å². The molecule has 0 N–H and O–H groups in total. The molecule has 2 aromatic rings. The Balaban J connectivity index is 2.08. The van der Waals surface area contributed by atoms with Crippen molar-refractivity contribution >= 4 is 37.4 Å². The quantitative estimate of drug-likeness (QED) is 0.226. The molecule has 0 saturated carbocycles. The molecule has 1 nitrogen and oxygen atoms in total. The molecule has 0 radical (unpaired) electrons. The maximum Gasteiger partial charge on any atom is 0.123 e. The van der Waals surface area contributed by atoms with Crippen molar-refractivity contribution in [2.24, 2.45) is 0 Å². The number of halogens is 3. The van der Waals surface area contributed by atoms with Crippen LogP contribution in [0.5, 0.6) is 0 Å². The lowest BCUT2D eigenvalue weighted by molar-refractivity contribution is 0.242. The molecule has 0 atom stereocenters. The molecule has 128 valence electrons. The monoisotopic (exact) mass is 454 g/mol. The standard InChI is InChI=1S/C20H21Br2FO/c21-12-3-1-2-4-13-24-15-20(16-8-10-18(22)11-9-16)17-6-5-7-19(23)14-17/h5-11,14-15H,1-4,12-13H2. The Morgan fingerprint density at radius 1 is 0.958 bits per heavy atom. The fourth-order valence-corrected chi connectivity index (χ4v) is 3.02. The van der Waals surface area contributed by atoms with Crippen LogP contribution >= 0.6 is 31.9 Å². The minimum Gasteiger partial charge on any atom is -0.501 e. The number of hydrogen-bond donors (Lipinski definition) is 0. The summed E-state index contributed by atoms with van der Waals surface area (Å²) in [5.41, 5.74) is 2.71. The number of ether oxygens (including phenoxy) is 1. The second kappa shape index (κ2) is 10.7. The normalized spacial score (nSPS) is 11.5. The fourth-order valence-electron chi connectivity index (χ4n) is 2.36. The van der Waals surface area contributed by atoms with E-state index < -0.39 is 0 Å². The van der Waals surface area contributed by atoms with Crippen molar-refractivity contribution in [3.63, 3.8) is 0 Å². The van der Waals surface area contributed by atoms with Gasteiger partial charge in [0.2, 0.25) is 0 Å². The summed E-state index contributed by atoms with van der Waals surface area (Å²) in [6.45, 7) is 0.678. The summed E-state index contributed by atoms with van der Waals surface area (Å²) in [6, 6.07) is 14.6. The van der Waals surface area contributed by atoms with E-state index in [1.165, 1.54) is 25.0 Å². The summed E-state index contributed by atoms with van der Waals surface area (Å²) < 4.78 is 20.3. The molecule has 0 unspecified atom stereocenters. The topological polar surface area (TPSA) is 9.23 Å². The molecule has 0 aliphatic heterocycles. The number of hydrogen-bond acceptors (Lipinski definition) is 1. The van der Waals surface area contributed by atoms with Crippen LogP contribution in [0.4, 0.5) is 4.39 Å². The van der Waals surface area contributed by atoms with Crippen molar-refractivity contribution < 1.29 is 9.13 Å². The minimum atomic E-state index is -0.245. The zero-order valence-corrected chi connectivity index (χ0v) is 16.7. The second-order valence-electron chi connectivity index (χ2n) is 5.52. The first-order chi connectivity index (χ1) is 11.7. The van der Waals surface area contributed by atoms with E-state index in [1.807, 2.05) is 30.3 Å². The maximum absolute atomic E-state index is 13.6. The van der Waals surface area contributed by atoms with Crippen molar-refractivity contribution in [1.82, 2.24) is 0 Å². The van der Waals surface area contributed by atoms with Gasteiger partial charge < -0.3 is 4.74 Å². The summed E-state index contributed by atoms with van der Waals surface area (Å²) in [5.74, 6) is -0.245. The van der Waals surface area contributed by atoms with Crippen LogP contribution < -0.4 is 0 Å². The van der Waals surface area contributed by atoms with Gasteiger partial charge in [0.1, 0.15) is 5.82 Å². The van der Waals surface area contributed by atoms with E-state index in [0.29, 0.717) is 6.61 Å². The maximum atomic E-state index is 13.6. The Bertz CT molecular complexity index is 653. The molecule has 24 heavy (non-hydrogen) atoms. The van der Waals surface area contributed by atoms with E-state index in [9.17, 15) is 4.39 Å². The molecule has 4 heteroatoms. The van der Waals surface area contributed by atoms with Crippen LogP contribution in [0.15, 0.2) is 59.3 Å². The van der Waals surface area contributed by atoms with E-state index in [1.54, 1.807) is 12.3 Å². The van der Waals surface area contributed by atoms with Crippen LogP contribution in [0.2, 0.25) is 0 Å². The van der Waals surface area contributed by atoms with Crippen molar-refractivity contribution in [2.45, 2.75) is 25.7 Å². The predicted molar refractivity (Wildman–Crippen MR) is 106 cm³/mol. The Kier molecular flexibility index (Phi) is 8.54. The van der Waals surface area contributed by atoms with E-state index in [2.05, 4.69) is 31.9 Å². The van der Waals surface area contributed by atoms with Crippen molar-refractivity contribution in [1.29, 1.82) is 0 Å². The molecule has 0 bridgehead atoms. The molecular weight excluding hydrogens is 435 g/mol. The number of benzene rings is 2. The predicted octanol–water partition coefficient (Wildman–Crippen LogP) is 6.95. The van der Waals surface area contributed by atoms with Crippen LogP contribution in [0.3, 0.4) is 0 Å². The average molecular weight is 456 g/mol. The lowest BCUT2D eigenvalue weighted by Gasteiger charge is -2.10. The summed E-state index contributed by atoms with van der Waals surface area (Å²) in [4.78, 5) is 0. The minimum absolute atomic E-state index is 0.245. The third-order valence-corrected chi connectivity index (χ3v) is 4.73. The molecule has 0 aliphatic rings. The zero-order chi connectivity index (χ0) is 17.2. The van der Waals surface area contributed by atoms with Crippen LogP contribution in [0.25, 0.3) is 5.57 Å². The van der Waals surface area contributed by atoms with Crippen LogP contribution in [-0.4, -0.2) is 11.9 Å². The Morgan fingerprint density at radius 3 is 2.42 bits per heavy atom. The first-order valence-electron chi connectivity index (χ1n) is 8.10. The lowest BCUT2D eigenvalue weighted by Crippen LogP contribution is -1.94. The number of unbranched alkanes of at least 4 members (excludes halogenated alkanes) is 3. The number of alkyl halides is 1. The molecule has 0 fully saturated rings. The Morgan fingerprint density at radius 2 is 1.71 bits per heavy atom. The van der Waals surface area contributed by atoms with Gasteiger partial charge in [-0.3, -0.25) is 0 Å². The first-order valence-corrected chi connectivity index (χ1v) is 10.0. The second-order valence-corrected chi connectivity index (χ2v) is 7.23. The molecule has 2 aromatic carbocycles. The summed E-state index contributed by atoms with van der Waals surface area (Å²) in [6.07, 6.45) is 6.35. The van der Waals surface area contributed by atoms with Gasteiger partial charge in [0.05, 0.1) is 12.9 Å². The van der Waals surface area contributed by atoms with Gasteiger partial charge in [0.15, 0.2) is 0 Å². The Labute approximate surface area is 160 Å². The molecule has 0 spiro atoms. The van der Waals surface area contributed by atoms with Gasteiger partial charge in [-0.05, 0) is 48.2 Å². The van der Waals surface area contributed by atoms with E-state index in [-0.39, 0.29) is 5.82 Å². The van der Waals surface area contributed by atoms with Crippen LogP contribution in [0.1, 0.15) is 36.8 Å². The molecule has 0 amide bonds. The summed E-state index contributed by atoms with van der Waals surface area (Å²) in [7, 11) is 0. The summed E-state index contributed by atoms with van der Waals surface area (Å²) in [5, 5.41) is 1.06. The van der Waals surface area contributed by atoms with Gasteiger partial charge in [-0.1, -0.05) is 69.0 Å². The SMILES string of the molecule is Fc1cccc(C(=COCCCCCCBr)c2ccc(Br)cc2)c1. The van der Waals surface area contributed by atoms with E-state index >= 15 is 0 Å². The first kappa shape index (κ1) is 19.2. The molecular formula is C20H21Br2FO. The van der Waals surface area contributed by atoms with Gasteiger partial charge in [-0.2, -0.15) is 0 Å². The van der Waals surface area contributed by atoms with E-state index in [0.717, 1.165) is 39.3 Å². The molecule has 0 aliphatic carbocycles. The lowest BCUT2D eigenvalue weighted by atomic mass is 9.99.